The van der Waals surface area contributed by atoms with Crippen LogP contribution in [0.3, 0.4) is 0 Å². The van der Waals surface area contributed by atoms with E-state index in [1.165, 1.54) is 0 Å². The summed E-state index contributed by atoms with van der Waals surface area (Å²) in [6, 6.07) is 7.92. The molecule has 2 heterocycles. The molecule has 3 rings (SSSR count). The Kier molecular flexibility index (Phi) is 4.01. The minimum absolute atomic E-state index is 0.591. The molecule has 6 nitrogen and oxygen atoms in total. The number of aromatic amines is 1. The lowest BCUT2D eigenvalue weighted by atomic mass is 10.3. The van der Waals surface area contributed by atoms with Crippen molar-refractivity contribution >= 4 is 44.4 Å². The summed E-state index contributed by atoms with van der Waals surface area (Å²) in [5.74, 6) is 1.32. The Hall–Kier alpha value is -2.15. The SMILES string of the molecule is CCCNc1nc(Nc2ccc(Br)cc2)c2cn[nH]c2n1. The van der Waals surface area contributed by atoms with E-state index in [1.807, 2.05) is 24.3 Å². The van der Waals surface area contributed by atoms with Crippen LogP contribution in [0.25, 0.3) is 11.0 Å². The Morgan fingerprint density at radius 2 is 2.00 bits per heavy atom. The number of fused-ring (bicyclic) bond motifs is 1. The topological polar surface area (TPSA) is 78.5 Å². The molecular weight excluding hydrogens is 332 g/mol. The van der Waals surface area contributed by atoms with E-state index in [2.05, 4.69) is 53.7 Å². The molecule has 0 spiro atoms. The van der Waals surface area contributed by atoms with Crippen molar-refractivity contribution in [2.24, 2.45) is 0 Å². The molecule has 0 unspecified atom stereocenters. The number of nitrogens with zero attached hydrogens (tertiary/aromatic N) is 3. The summed E-state index contributed by atoms with van der Waals surface area (Å²) in [6.07, 6.45) is 2.74. The van der Waals surface area contributed by atoms with Gasteiger partial charge in [-0.3, -0.25) is 5.10 Å². The number of benzene rings is 1. The van der Waals surface area contributed by atoms with Gasteiger partial charge in [0.15, 0.2) is 5.65 Å². The van der Waals surface area contributed by atoms with Gasteiger partial charge in [0.2, 0.25) is 5.95 Å². The molecule has 0 aliphatic rings. The predicted molar refractivity (Wildman–Crippen MR) is 87.9 cm³/mol. The standard InChI is InChI=1S/C14H15BrN6/c1-2-7-16-14-19-12(11-8-17-21-13(11)20-14)18-10-5-3-9(15)4-6-10/h3-6,8H,2,7H2,1H3,(H3,16,17,18,19,20,21). The van der Waals surface area contributed by atoms with Crippen molar-refractivity contribution in [1.29, 1.82) is 0 Å². The Morgan fingerprint density at radius 1 is 1.19 bits per heavy atom. The van der Waals surface area contributed by atoms with Gasteiger partial charge >= 0.3 is 0 Å². The highest BCUT2D eigenvalue weighted by Gasteiger charge is 2.09. The average molecular weight is 347 g/mol. The van der Waals surface area contributed by atoms with Crippen LogP contribution >= 0.6 is 15.9 Å². The monoisotopic (exact) mass is 346 g/mol. The number of anilines is 3. The number of H-pyrrole nitrogens is 1. The highest BCUT2D eigenvalue weighted by Crippen LogP contribution is 2.24. The number of hydrogen-bond donors (Lipinski definition) is 3. The first-order valence-electron chi connectivity index (χ1n) is 6.74. The van der Waals surface area contributed by atoms with Crippen molar-refractivity contribution in [3.05, 3.63) is 34.9 Å². The quantitative estimate of drug-likeness (QED) is 0.656. The van der Waals surface area contributed by atoms with E-state index >= 15 is 0 Å². The van der Waals surface area contributed by atoms with Crippen LogP contribution in [0, 0.1) is 0 Å². The van der Waals surface area contributed by atoms with Gasteiger partial charge in [-0.25, -0.2) is 0 Å². The van der Waals surface area contributed by atoms with Crippen LogP contribution < -0.4 is 10.6 Å². The summed E-state index contributed by atoms with van der Waals surface area (Å²) < 4.78 is 1.04. The third-order valence-electron chi connectivity index (χ3n) is 2.95. The first kappa shape index (κ1) is 13.8. The van der Waals surface area contributed by atoms with Gasteiger partial charge < -0.3 is 10.6 Å². The molecule has 1 aromatic carbocycles. The molecule has 0 radical (unpaired) electrons. The van der Waals surface area contributed by atoms with E-state index in [4.69, 9.17) is 0 Å². The third-order valence-corrected chi connectivity index (χ3v) is 3.48. The van der Waals surface area contributed by atoms with Crippen LogP contribution in [0.5, 0.6) is 0 Å². The number of aromatic nitrogens is 4. The summed E-state index contributed by atoms with van der Waals surface area (Å²) >= 11 is 3.43. The van der Waals surface area contributed by atoms with Gasteiger partial charge in [0.25, 0.3) is 0 Å². The first-order chi connectivity index (χ1) is 10.3. The maximum atomic E-state index is 4.52. The molecule has 2 aromatic heterocycles. The fourth-order valence-corrected chi connectivity index (χ4v) is 2.18. The lowest BCUT2D eigenvalue weighted by Crippen LogP contribution is -2.06. The molecule has 3 aromatic rings. The minimum atomic E-state index is 0.591. The van der Waals surface area contributed by atoms with E-state index in [9.17, 15) is 0 Å². The Balaban J connectivity index is 1.95. The molecule has 0 bridgehead atoms. The van der Waals surface area contributed by atoms with Gasteiger partial charge in [0.1, 0.15) is 5.82 Å². The smallest absolute Gasteiger partial charge is 0.226 e. The number of halogens is 1. The van der Waals surface area contributed by atoms with Crippen molar-refractivity contribution in [2.75, 3.05) is 17.2 Å². The van der Waals surface area contributed by atoms with Crippen LogP contribution in [0.1, 0.15) is 13.3 Å². The Labute approximate surface area is 130 Å². The Bertz CT molecular complexity index is 737. The molecule has 3 N–H and O–H groups in total. The molecule has 0 saturated carbocycles. The van der Waals surface area contributed by atoms with Crippen molar-refractivity contribution in [3.8, 4) is 0 Å². The maximum Gasteiger partial charge on any atom is 0.226 e. The molecule has 0 atom stereocenters. The molecule has 0 aliphatic heterocycles. The average Bonchev–Trinajstić information content (AvgIpc) is 2.96. The van der Waals surface area contributed by atoms with Gasteiger partial charge in [-0.1, -0.05) is 22.9 Å². The van der Waals surface area contributed by atoms with Gasteiger partial charge in [0.05, 0.1) is 11.6 Å². The summed E-state index contributed by atoms with van der Waals surface area (Å²) in [6.45, 7) is 2.93. The zero-order valence-corrected chi connectivity index (χ0v) is 13.1. The summed E-state index contributed by atoms with van der Waals surface area (Å²) in [5, 5.41) is 14.3. The van der Waals surface area contributed by atoms with Crippen LogP contribution in [-0.2, 0) is 0 Å². The maximum absolute atomic E-state index is 4.52. The van der Waals surface area contributed by atoms with Gasteiger partial charge in [-0.05, 0) is 30.7 Å². The summed E-state index contributed by atoms with van der Waals surface area (Å²) in [5.41, 5.74) is 1.67. The van der Waals surface area contributed by atoms with Crippen molar-refractivity contribution in [1.82, 2.24) is 20.2 Å². The second kappa shape index (κ2) is 6.09. The molecule has 7 heteroatoms. The number of hydrogen-bond acceptors (Lipinski definition) is 5. The van der Waals surface area contributed by atoms with Crippen molar-refractivity contribution in [2.45, 2.75) is 13.3 Å². The molecule has 0 aliphatic carbocycles. The summed E-state index contributed by atoms with van der Waals surface area (Å²) in [7, 11) is 0. The van der Waals surface area contributed by atoms with E-state index in [0.29, 0.717) is 11.6 Å². The van der Waals surface area contributed by atoms with Crippen LogP contribution in [0.15, 0.2) is 34.9 Å². The molecule has 21 heavy (non-hydrogen) atoms. The molecule has 108 valence electrons. The molecule has 0 fully saturated rings. The Morgan fingerprint density at radius 3 is 2.76 bits per heavy atom. The van der Waals surface area contributed by atoms with E-state index < -0.39 is 0 Å². The molecule has 0 amide bonds. The highest BCUT2D eigenvalue weighted by atomic mass is 79.9. The van der Waals surface area contributed by atoms with E-state index in [0.717, 1.165) is 34.3 Å². The van der Waals surface area contributed by atoms with Crippen molar-refractivity contribution < 1.29 is 0 Å². The van der Waals surface area contributed by atoms with Crippen LogP contribution in [-0.4, -0.2) is 26.7 Å². The minimum Gasteiger partial charge on any atom is -0.354 e. The lowest BCUT2D eigenvalue weighted by molar-refractivity contribution is 0.955. The van der Waals surface area contributed by atoms with Gasteiger partial charge in [0, 0.05) is 16.7 Å². The second-order valence-corrected chi connectivity index (χ2v) is 5.50. The van der Waals surface area contributed by atoms with Crippen molar-refractivity contribution in [3.63, 3.8) is 0 Å². The normalized spacial score (nSPS) is 10.8. The largest absolute Gasteiger partial charge is 0.354 e. The van der Waals surface area contributed by atoms with Crippen LogP contribution in [0.4, 0.5) is 17.5 Å². The lowest BCUT2D eigenvalue weighted by Gasteiger charge is -2.09. The zero-order valence-electron chi connectivity index (χ0n) is 11.5. The molecular formula is C14H15BrN6. The highest BCUT2D eigenvalue weighted by molar-refractivity contribution is 9.10. The second-order valence-electron chi connectivity index (χ2n) is 4.59. The molecule has 0 saturated heterocycles. The zero-order chi connectivity index (χ0) is 14.7. The van der Waals surface area contributed by atoms with E-state index in [1.54, 1.807) is 6.20 Å². The number of rotatable bonds is 5. The van der Waals surface area contributed by atoms with Crippen LogP contribution in [0.2, 0.25) is 0 Å². The first-order valence-corrected chi connectivity index (χ1v) is 7.53. The van der Waals surface area contributed by atoms with E-state index in [-0.39, 0.29) is 0 Å². The number of nitrogens with one attached hydrogen (secondary N) is 3. The predicted octanol–water partition coefficient (Wildman–Crippen LogP) is 3.68. The van der Waals surface area contributed by atoms with Gasteiger partial charge in [-0.15, -0.1) is 0 Å². The fraction of sp³-hybridized carbons (Fsp3) is 0.214. The summed E-state index contributed by atoms with van der Waals surface area (Å²) in [4.78, 5) is 8.92. The third kappa shape index (κ3) is 3.13. The van der Waals surface area contributed by atoms with Gasteiger partial charge in [-0.2, -0.15) is 15.1 Å². The fourth-order valence-electron chi connectivity index (χ4n) is 1.92.